The average Bonchev–Trinajstić information content (AvgIpc) is 2.80. The monoisotopic (exact) mass is 497 g/mol. The summed E-state index contributed by atoms with van der Waals surface area (Å²) in [6.45, 7) is 0.437. The van der Waals surface area contributed by atoms with Crippen LogP contribution in [0.1, 0.15) is 41.6 Å². The number of carbonyl (C=O) groups excluding carboxylic acids is 3. The molecule has 0 unspecified atom stereocenters. The van der Waals surface area contributed by atoms with Crippen LogP contribution in [-0.4, -0.2) is 37.0 Å². The molecule has 0 aliphatic heterocycles. The maximum absolute atomic E-state index is 12.8. The molecule has 11 heteroatoms. The second-order valence-corrected chi connectivity index (χ2v) is 8.54. The Morgan fingerprint density at radius 3 is 2.47 bits per heavy atom. The molecule has 0 aromatic heterocycles. The zero-order valence-electron chi connectivity index (χ0n) is 18.0. The number of nitrogens with two attached hydrogens (primary N) is 1. The standard InChI is InChI=1S/C23H23ClF3N3O4/c24-16-3-1-2-15(11-16)22(12-28)8-6-17(7-9-22)30-20(32)14-4-5-19(18(10-14)29-13-31)34-21(33)23(25,26)27/h1-5,10-11,13,17H,6-9,12,28H2,(H,29,31)(H,30,32)/t17-,22+. The molecule has 1 saturated carbocycles. The summed E-state index contributed by atoms with van der Waals surface area (Å²) in [5.74, 6) is -3.45. The van der Waals surface area contributed by atoms with Gasteiger partial charge in [0.05, 0.1) is 5.69 Å². The lowest BCUT2D eigenvalue weighted by Crippen LogP contribution is -2.45. The molecule has 3 rings (SSSR count). The van der Waals surface area contributed by atoms with Crippen LogP contribution in [-0.2, 0) is 15.0 Å². The van der Waals surface area contributed by atoms with Crippen LogP contribution >= 0.6 is 11.6 Å². The van der Waals surface area contributed by atoms with Gasteiger partial charge in [0.2, 0.25) is 6.41 Å². The number of hydrogen-bond donors (Lipinski definition) is 3. The number of alkyl halides is 3. The Morgan fingerprint density at radius 1 is 1.18 bits per heavy atom. The Bertz CT molecular complexity index is 1070. The van der Waals surface area contributed by atoms with Crippen molar-refractivity contribution in [2.45, 2.75) is 43.3 Å². The van der Waals surface area contributed by atoms with E-state index in [-0.39, 0.29) is 29.1 Å². The van der Waals surface area contributed by atoms with Crippen molar-refractivity contribution in [3.63, 3.8) is 0 Å². The molecular formula is C23H23ClF3N3O4. The van der Waals surface area contributed by atoms with E-state index in [0.29, 0.717) is 24.4 Å². The molecule has 1 aliphatic rings. The van der Waals surface area contributed by atoms with Gasteiger partial charge < -0.3 is 21.1 Å². The molecule has 0 heterocycles. The van der Waals surface area contributed by atoms with Crippen LogP contribution in [0.15, 0.2) is 42.5 Å². The highest BCUT2D eigenvalue weighted by Gasteiger charge is 2.42. The third kappa shape index (κ3) is 5.87. The molecule has 0 spiro atoms. The van der Waals surface area contributed by atoms with E-state index in [9.17, 15) is 27.6 Å². The molecule has 4 N–H and O–H groups in total. The lowest BCUT2D eigenvalue weighted by atomic mass is 9.68. The topological polar surface area (TPSA) is 111 Å². The van der Waals surface area contributed by atoms with Crippen molar-refractivity contribution in [2.75, 3.05) is 11.9 Å². The number of benzene rings is 2. The normalized spacial score (nSPS) is 20.3. The molecule has 0 bridgehead atoms. The van der Waals surface area contributed by atoms with Gasteiger partial charge in [0, 0.05) is 28.6 Å². The van der Waals surface area contributed by atoms with E-state index in [4.69, 9.17) is 17.3 Å². The third-order valence-electron chi connectivity index (χ3n) is 6.00. The first-order chi connectivity index (χ1) is 16.1. The number of esters is 1. The Balaban J connectivity index is 1.68. The summed E-state index contributed by atoms with van der Waals surface area (Å²) in [7, 11) is 0. The largest absolute Gasteiger partial charge is 0.491 e. The highest BCUT2D eigenvalue weighted by molar-refractivity contribution is 6.30. The molecule has 2 amide bonds. The van der Waals surface area contributed by atoms with Crippen LogP contribution in [0.3, 0.4) is 0 Å². The molecule has 182 valence electrons. The van der Waals surface area contributed by atoms with Gasteiger partial charge >= 0.3 is 12.1 Å². The minimum Gasteiger partial charge on any atom is -0.418 e. The number of nitrogens with one attached hydrogen (secondary N) is 2. The van der Waals surface area contributed by atoms with Gasteiger partial charge in [-0.1, -0.05) is 23.7 Å². The first-order valence-electron chi connectivity index (χ1n) is 10.5. The van der Waals surface area contributed by atoms with Crippen LogP contribution in [0, 0.1) is 0 Å². The fraction of sp³-hybridized carbons (Fsp3) is 0.348. The molecule has 1 aliphatic carbocycles. The average molecular weight is 498 g/mol. The number of ether oxygens (including phenoxy) is 1. The van der Waals surface area contributed by atoms with Gasteiger partial charge in [-0.05, 0) is 61.6 Å². The van der Waals surface area contributed by atoms with Crippen LogP contribution < -0.4 is 21.1 Å². The molecule has 34 heavy (non-hydrogen) atoms. The van der Waals surface area contributed by atoms with E-state index in [2.05, 4.69) is 15.4 Å². The van der Waals surface area contributed by atoms with Crippen molar-refractivity contribution < 1.29 is 32.3 Å². The Kier molecular flexibility index (Phi) is 7.83. The van der Waals surface area contributed by atoms with Gasteiger partial charge in [-0.25, -0.2) is 4.79 Å². The van der Waals surface area contributed by atoms with Gasteiger partial charge in [-0.15, -0.1) is 0 Å². The van der Waals surface area contributed by atoms with Crippen LogP contribution in [0.5, 0.6) is 5.75 Å². The van der Waals surface area contributed by atoms with E-state index >= 15 is 0 Å². The summed E-state index contributed by atoms with van der Waals surface area (Å²) < 4.78 is 41.8. The maximum Gasteiger partial charge on any atom is 0.491 e. The zero-order chi connectivity index (χ0) is 24.9. The minimum atomic E-state index is -5.21. The van der Waals surface area contributed by atoms with Crippen LogP contribution in [0.4, 0.5) is 18.9 Å². The minimum absolute atomic E-state index is 0.0849. The van der Waals surface area contributed by atoms with E-state index in [0.717, 1.165) is 30.5 Å². The SMILES string of the molecule is NC[C@]1(c2cccc(Cl)c2)CC[C@@H](NC(=O)c2ccc(OC(=O)C(F)(F)F)c(NC=O)c2)CC1. The Morgan fingerprint density at radius 2 is 1.88 bits per heavy atom. The molecule has 0 radical (unpaired) electrons. The summed E-state index contributed by atoms with van der Waals surface area (Å²) >= 11 is 6.14. The van der Waals surface area contributed by atoms with Gasteiger partial charge in [0.25, 0.3) is 5.91 Å². The predicted molar refractivity (Wildman–Crippen MR) is 120 cm³/mol. The summed E-state index contributed by atoms with van der Waals surface area (Å²) in [5, 5.41) is 5.68. The van der Waals surface area contributed by atoms with Crippen molar-refractivity contribution in [1.82, 2.24) is 5.32 Å². The smallest absolute Gasteiger partial charge is 0.418 e. The lowest BCUT2D eigenvalue weighted by molar-refractivity contribution is -0.189. The number of hydrogen-bond acceptors (Lipinski definition) is 5. The summed E-state index contributed by atoms with van der Waals surface area (Å²) in [4.78, 5) is 34.7. The van der Waals surface area contributed by atoms with Crippen molar-refractivity contribution in [1.29, 1.82) is 0 Å². The third-order valence-corrected chi connectivity index (χ3v) is 6.23. The van der Waals surface area contributed by atoms with Crippen LogP contribution in [0.2, 0.25) is 5.02 Å². The molecule has 2 aromatic rings. The Labute approximate surface area is 198 Å². The number of halogens is 4. The maximum atomic E-state index is 12.8. The second kappa shape index (κ2) is 10.4. The van der Waals surface area contributed by atoms with E-state index in [1.54, 1.807) is 6.07 Å². The Hall–Kier alpha value is -3.11. The van der Waals surface area contributed by atoms with Crippen LogP contribution in [0.25, 0.3) is 0 Å². The van der Waals surface area contributed by atoms with E-state index < -0.39 is 23.8 Å². The van der Waals surface area contributed by atoms with Crippen molar-refractivity contribution in [3.8, 4) is 5.75 Å². The highest BCUT2D eigenvalue weighted by Crippen LogP contribution is 2.39. The fourth-order valence-corrected chi connectivity index (χ4v) is 4.30. The molecule has 2 aromatic carbocycles. The quantitative estimate of drug-likeness (QED) is 0.305. The number of carbonyl (C=O) groups is 3. The van der Waals surface area contributed by atoms with Gasteiger partial charge in [-0.2, -0.15) is 13.2 Å². The molecular weight excluding hydrogens is 475 g/mol. The van der Waals surface area contributed by atoms with Gasteiger partial charge in [0.15, 0.2) is 5.75 Å². The number of amides is 2. The summed E-state index contributed by atoms with van der Waals surface area (Å²) in [6, 6.07) is 10.8. The van der Waals surface area contributed by atoms with Gasteiger partial charge in [-0.3, -0.25) is 9.59 Å². The first kappa shape index (κ1) is 25.5. The van der Waals surface area contributed by atoms with E-state index in [1.165, 1.54) is 6.07 Å². The molecule has 7 nitrogen and oxygen atoms in total. The first-order valence-corrected chi connectivity index (χ1v) is 10.9. The predicted octanol–water partition coefficient (Wildman–Crippen LogP) is 3.95. The second-order valence-electron chi connectivity index (χ2n) is 8.10. The molecule has 0 saturated heterocycles. The van der Waals surface area contributed by atoms with Crippen molar-refractivity contribution in [3.05, 3.63) is 58.6 Å². The van der Waals surface area contributed by atoms with E-state index in [1.807, 2.05) is 18.2 Å². The summed E-state index contributed by atoms with van der Waals surface area (Å²) in [5.41, 5.74) is 6.77. The highest BCUT2D eigenvalue weighted by atomic mass is 35.5. The van der Waals surface area contributed by atoms with Crippen molar-refractivity contribution >= 4 is 35.6 Å². The summed E-state index contributed by atoms with van der Waals surface area (Å²) in [6.07, 6.45) is -2.21. The number of rotatable bonds is 7. The molecule has 1 fully saturated rings. The zero-order valence-corrected chi connectivity index (χ0v) is 18.7. The van der Waals surface area contributed by atoms with Gasteiger partial charge in [0.1, 0.15) is 0 Å². The lowest BCUT2D eigenvalue weighted by Gasteiger charge is -2.40. The number of anilines is 1. The van der Waals surface area contributed by atoms with Crippen molar-refractivity contribution in [2.24, 2.45) is 5.73 Å². The molecule has 0 atom stereocenters. The fourth-order valence-electron chi connectivity index (χ4n) is 4.11.